The average molecular weight is 480 g/mol. The first-order valence-corrected chi connectivity index (χ1v) is 11.7. The highest BCUT2D eigenvalue weighted by Gasteiger charge is 2.37. The first-order valence-electron chi connectivity index (χ1n) is 10.8. The van der Waals surface area contributed by atoms with Crippen molar-refractivity contribution >= 4 is 29.1 Å². The van der Waals surface area contributed by atoms with Gasteiger partial charge in [-0.15, -0.1) is 11.3 Å². The molecule has 0 aliphatic carbocycles. The number of thiophene rings is 1. The lowest BCUT2D eigenvalue weighted by Crippen LogP contribution is -2.53. The van der Waals surface area contributed by atoms with E-state index in [0.29, 0.717) is 30.8 Å². The molecule has 0 spiro atoms. The predicted molar refractivity (Wildman–Crippen MR) is 117 cm³/mol. The highest BCUT2D eigenvalue weighted by atomic mass is 32.1. The normalized spacial score (nSPS) is 17.8. The zero-order valence-electron chi connectivity index (χ0n) is 17.9. The molecule has 1 aromatic carbocycles. The molecule has 2 fully saturated rings. The van der Waals surface area contributed by atoms with Gasteiger partial charge in [-0.05, 0) is 36.4 Å². The third-order valence-electron chi connectivity index (χ3n) is 6.20. The maximum absolute atomic E-state index is 13.3. The van der Waals surface area contributed by atoms with Gasteiger partial charge in [-0.1, -0.05) is 18.2 Å². The molecule has 2 aliphatic rings. The van der Waals surface area contributed by atoms with E-state index in [1.165, 1.54) is 34.4 Å². The fraction of sp³-hybridized carbons (Fsp3) is 0.435. The molecular weight excluding hydrogens is 455 g/mol. The number of halogens is 3. The smallest absolute Gasteiger partial charge is 0.339 e. The molecule has 3 heterocycles. The van der Waals surface area contributed by atoms with Crippen molar-refractivity contribution in [1.82, 2.24) is 14.7 Å². The Morgan fingerprint density at radius 1 is 0.788 bits per heavy atom. The number of piperazine rings is 1. The van der Waals surface area contributed by atoms with E-state index in [1.54, 1.807) is 15.9 Å². The van der Waals surface area contributed by atoms with Crippen LogP contribution in [0.4, 0.5) is 13.2 Å². The van der Waals surface area contributed by atoms with Gasteiger partial charge in [0.05, 0.1) is 16.0 Å². The summed E-state index contributed by atoms with van der Waals surface area (Å²) in [6.45, 7) is 1.97. The first-order chi connectivity index (χ1) is 15.8. The Kier molecular flexibility index (Phi) is 6.73. The van der Waals surface area contributed by atoms with E-state index in [4.69, 9.17) is 0 Å². The van der Waals surface area contributed by atoms with E-state index < -0.39 is 17.6 Å². The SMILES string of the molecule is O=C(c1cccs1)N1CCC(C(=O)N2CCN(C(=O)c3ccccc3C(F)(F)F)CC2)CC1. The molecule has 1 aromatic heterocycles. The van der Waals surface area contributed by atoms with E-state index in [9.17, 15) is 27.6 Å². The number of nitrogens with zero attached hydrogens (tertiary/aromatic N) is 3. The Morgan fingerprint density at radius 3 is 2.00 bits per heavy atom. The monoisotopic (exact) mass is 479 g/mol. The summed E-state index contributed by atoms with van der Waals surface area (Å²) >= 11 is 1.40. The van der Waals surface area contributed by atoms with Crippen molar-refractivity contribution in [3.63, 3.8) is 0 Å². The number of carbonyl (C=O) groups is 3. The third-order valence-corrected chi connectivity index (χ3v) is 7.06. The molecule has 3 amide bonds. The molecule has 2 aromatic rings. The van der Waals surface area contributed by atoms with Crippen molar-refractivity contribution < 1.29 is 27.6 Å². The number of amides is 3. The van der Waals surface area contributed by atoms with Gasteiger partial charge in [-0.3, -0.25) is 14.4 Å². The van der Waals surface area contributed by atoms with Gasteiger partial charge in [0.1, 0.15) is 0 Å². The van der Waals surface area contributed by atoms with E-state index in [1.807, 2.05) is 11.4 Å². The molecule has 0 radical (unpaired) electrons. The Labute approximate surface area is 193 Å². The van der Waals surface area contributed by atoms with Crippen LogP contribution in [0.15, 0.2) is 41.8 Å². The molecule has 0 unspecified atom stereocenters. The Morgan fingerprint density at radius 2 is 1.39 bits per heavy atom. The Bertz CT molecular complexity index is 1010. The zero-order valence-corrected chi connectivity index (χ0v) is 18.7. The fourth-order valence-corrected chi connectivity index (χ4v) is 5.05. The van der Waals surface area contributed by atoms with Crippen LogP contribution in [-0.4, -0.2) is 71.7 Å². The summed E-state index contributed by atoms with van der Waals surface area (Å²) in [4.78, 5) is 43.7. The van der Waals surface area contributed by atoms with Gasteiger partial charge in [-0.2, -0.15) is 13.2 Å². The second-order valence-corrected chi connectivity index (χ2v) is 9.15. The van der Waals surface area contributed by atoms with Crippen LogP contribution in [-0.2, 0) is 11.0 Å². The molecule has 0 atom stereocenters. The van der Waals surface area contributed by atoms with E-state index in [2.05, 4.69) is 0 Å². The topological polar surface area (TPSA) is 60.9 Å². The fourth-order valence-electron chi connectivity index (χ4n) is 4.36. The minimum atomic E-state index is -4.61. The van der Waals surface area contributed by atoms with Gasteiger partial charge < -0.3 is 14.7 Å². The number of benzene rings is 1. The maximum Gasteiger partial charge on any atom is 0.417 e. The predicted octanol–water partition coefficient (Wildman–Crippen LogP) is 3.60. The quantitative estimate of drug-likeness (QED) is 0.676. The molecule has 6 nitrogen and oxygen atoms in total. The second kappa shape index (κ2) is 9.54. The molecule has 2 saturated heterocycles. The summed E-state index contributed by atoms with van der Waals surface area (Å²) in [5.41, 5.74) is -1.31. The molecule has 0 N–H and O–H groups in total. The molecular formula is C23H24F3N3O3S. The highest BCUT2D eigenvalue weighted by Crippen LogP contribution is 2.32. The third kappa shape index (κ3) is 5.05. The van der Waals surface area contributed by atoms with Crippen molar-refractivity contribution in [2.24, 2.45) is 5.92 Å². The Hall–Kier alpha value is -2.88. The van der Waals surface area contributed by atoms with Crippen molar-refractivity contribution in [3.05, 3.63) is 57.8 Å². The summed E-state index contributed by atoms with van der Waals surface area (Å²) in [5.74, 6) is -0.885. The average Bonchev–Trinajstić information content (AvgIpc) is 3.37. The zero-order chi connectivity index (χ0) is 23.6. The summed E-state index contributed by atoms with van der Waals surface area (Å²) in [6.07, 6.45) is -3.45. The number of hydrogen-bond donors (Lipinski definition) is 0. The van der Waals surface area contributed by atoms with Crippen LogP contribution in [0.3, 0.4) is 0 Å². The van der Waals surface area contributed by atoms with E-state index >= 15 is 0 Å². The summed E-state index contributed by atoms with van der Waals surface area (Å²) in [6, 6.07) is 8.39. The summed E-state index contributed by atoms with van der Waals surface area (Å²) in [7, 11) is 0. The van der Waals surface area contributed by atoms with Crippen LogP contribution in [0.2, 0.25) is 0 Å². The number of hydrogen-bond acceptors (Lipinski definition) is 4. The molecule has 33 heavy (non-hydrogen) atoms. The van der Waals surface area contributed by atoms with E-state index in [-0.39, 0.29) is 49.5 Å². The van der Waals surface area contributed by atoms with Crippen LogP contribution in [0.5, 0.6) is 0 Å². The van der Waals surface area contributed by atoms with Gasteiger partial charge in [0.2, 0.25) is 5.91 Å². The standard InChI is InChI=1S/C23H24F3N3O3S/c24-23(25,26)18-5-2-1-4-17(18)21(31)29-13-11-28(12-14-29)20(30)16-7-9-27(10-8-16)22(32)19-6-3-15-33-19/h1-6,15-16H,7-14H2. The van der Waals surface area contributed by atoms with Crippen molar-refractivity contribution in [2.75, 3.05) is 39.3 Å². The second-order valence-electron chi connectivity index (χ2n) is 8.20. The number of likely N-dealkylation sites (tertiary alicyclic amines) is 1. The van der Waals surface area contributed by atoms with Crippen LogP contribution in [0.1, 0.15) is 38.4 Å². The maximum atomic E-state index is 13.3. The molecule has 2 aliphatic heterocycles. The lowest BCUT2D eigenvalue weighted by atomic mass is 9.94. The van der Waals surface area contributed by atoms with Crippen molar-refractivity contribution in [3.8, 4) is 0 Å². The highest BCUT2D eigenvalue weighted by molar-refractivity contribution is 7.12. The number of rotatable bonds is 3. The number of carbonyl (C=O) groups excluding carboxylic acids is 3. The molecule has 0 saturated carbocycles. The van der Waals surface area contributed by atoms with Gasteiger partial charge in [0, 0.05) is 45.2 Å². The first kappa shape index (κ1) is 23.3. The van der Waals surface area contributed by atoms with Gasteiger partial charge >= 0.3 is 6.18 Å². The summed E-state index contributed by atoms with van der Waals surface area (Å²) < 4.78 is 39.8. The molecule has 4 rings (SSSR count). The Balaban J connectivity index is 1.30. The van der Waals surface area contributed by atoms with Crippen LogP contribution in [0.25, 0.3) is 0 Å². The largest absolute Gasteiger partial charge is 0.417 e. The van der Waals surface area contributed by atoms with Crippen molar-refractivity contribution in [2.45, 2.75) is 19.0 Å². The lowest BCUT2D eigenvalue weighted by molar-refractivity contribution is -0.138. The minimum Gasteiger partial charge on any atom is -0.339 e. The van der Waals surface area contributed by atoms with Crippen LogP contribution in [0, 0.1) is 5.92 Å². The molecule has 10 heteroatoms. The van der Waals surface area contributed by atoms with Crippen molar-refractivity contribution in [1.29, 1.82) is 0 Å². The summed E-state index contributed by atoms with van der Waals surface area (Å²) in [5, 5.41) is 1.86. The van der Waals surface area contributed by atoms with Gasteiger partial charge in [-0.25, -0.2) is 0 Å². The molecule has 0 bridgehead atoms. The van der Waals surface area contributed by atoms with Crippen LogP contribution < -0.4 is 0 Å². The number of piperidine rings is 1. The van der Waals surface area contributed by atoms with Crippen LogP contribution >= 0.6 is 11.3 Å². The minimum absolute atomic E-state index is 0.0119. The van der Waals surface area contributed by atoms with Gasteiger partial charge in [0.25, 0.3) is 11.8 Å². The lowest BCUT2D eigenvalue weighted by Gasteiger charge is -2.38. The van der Waals surface area contributed by atoms with Gasteiger partial charge in [0.15, 0.2) is 0 Å². The number of alkyl halides is 3. The van der Waals surface area contributed by atoms with E-state index in [0.717, 1.165) is 6.07 Å². The molecule has 176 valence electrons.